The Morgan fingerprint density at radius 1 is 1.25 bits per heavy atom. The van der Waals surface area contributed by atoms with Gasteiger partial charge in [0.1, 0.15) is 5.78 Å². The molecule has 1 N–H and O–H groups in total. The van der Waals surface area contributed by atoms with E-state index in [1.165, 1.54) is 38.5 Å². The molecule has 92 valence electrons. The molecule has 3 unspecified atom stereocenters. The van der Waals surface area contributed by atoms with Crippen LogP contribution in [-0.2, 0) is 4.79 Å². The summed E-state index contributed by atoms with van der Waals surface area (Å²) in [5.74, 6) is 1.75. The van der Waals surface area contributed by atoms with Crippen molar-refractivity contribution in [1.82, 2.24) is 5.32 Å². The van der Waals surface area contributed by atoms with Crippen LogP contribution in [0, 0.1) is 11.8 Å². The maximum absolute atomic E-state index is 12.2. The van der Waals surface area contributed by atoms with E-state index in [1.807, 2.05) is 0 Å². The summed E-state index contributed by atoms with van der Waals surface area (Å²) >= 11 is 0. The number of nitrogens with one attached hydrogen (secondary N) is 1. The first-order chi connectivity index (χ1) is 7.79. The summed E-state index contributed by atoms with van der Waals surface area (Å²) < 4.78 is 0. The normalized spacial score (nSPS) is 35.2. The maximum atomic E-state index is 12.2. The Morgan fingerprint density at radius 2 is 2.12 bits per heavy atom. The van der Waals surface area contributed by atoms with E-state index in [0.717, 1.165) is 25.3 Å². The highest BCUT2D eigenvalue weighted by molar-refractivity contribution is 5.81. The molecule has 1 aliphatic heterocycles. The number of Topliss-reactive ketones (excluding diaryl/α,β-unsaturated/α-hetero) is 1. The highest BCUT2D eigenvalue weighted by atomic mass is 16.1. The van der Waals surface area contributed by atoms with Gasteiger partial charge < -0.3 is 5.32 Å². The molecule has 1 saturated carbocycles. The van der Waals surface area contributed by atoms with Gasteiger partial charge in [-0.15, -0.1) is 0 Å². The average Bonchev–Trinajstić information content (AvgIpc) is 2.82. The predicted molar refractivity (Wildman–Crippen MR) is 66.4 cm³/mol. The second-order valence-corrected chi connectivity index (χ2v) is 5.60. The Hall–Kier alpha value is -0.370. The molecule has 0 aromatic rings. The molecule has 2 nitrogen and oxygen atoms in total. The van der Waals surface area contributed by atoms with Gasteiger partial charge in [-0.3, -0.25) is 4.79 Å². The lowest BCUT2D eigenvalue weighted by atomic mass is 9.77. The Morgan fingerprint density at radius 3 is 2.81 bits per heavy atom. The van der Waals surface area contributed by atoms with Crippen LogP contribution < -0.4 is 5.32 Å². The van der Waals surface area contributed by atoms with Crippen molar-refractivity contribution in [2.45, 2.75) is 64.3 Å². The van der Waals surface area contributed by atoms with Crippen molar-refractivity contribution in [1.29, 1.82) is 0 Å². The zero-order valence-corrected chi connectivity index (χ0v) is 10.5. The van der Waals surface area contributed by atoms with Crippen LogP contribution in [0.15, 0.2) is 0 Å². The van der Waals surface area contributed by atoms with E-state index in [0.29, 0.717) is 17.7 Å². The van der Waals surface area contributed by atoms with Crippen LogP contribution in [0.4, 0.5) is 0 Å². The van der Waals surface area contributed by atoms with Crippen LogP contribution in [0.25, 0.3) is 0 Å². The molecule has 0 aromatic carbocycles. The van der Waals surface area contributed by atoms with Crippen LogP contribution in [0.3, 0.4) is 0 Å². The molecule has 0 amide bonds. The van der Waals surface area contributed by atoms with E-state index < -0.39 is 0 Å². The molecule has 2 heteroatoms. The second kappa shape index (κ2) is 5.81. The first kappa shape index (κ1) is 12.1. The zero-order chi connectivity index (χ0) is 11.4. The first-order valence-corrected chi connectivity index (χ1v) is 7.05. The number of carbonyl (C=O) groups is 1. The number of hydrogen-bond donors (Lipinski definition) is 1. The molecule has 2 rings (SSSR count). The van der Waals surface area contributed by atoms with Gasteiger partial charge >= 0.3 is 0 Å². The van der Waals surface area contributed by atoms with Gasteiger partial charge in [-0.2, -0.15) is 0 Å². The molecule has 0 aromatic heterocycles. The first-order valence-electron chi connectivity index (χ1n) is 7.05. The van der Waals surface area contributed by atoms with E-state index in [1.54, 1.807) is 0 Å². The highest BCUT2D eigenvalue weighted by Crippen LogP contribution is 2.32. The Labute approximate surface area is 99.2 Å². The summed E-state index contributed by atoms with van der Waals surface area (Å²) in [6.07, 6.45) is 9.45. The Bertz CT molecular complexity index is 233. The van der Waals surface area contributed by atoms with Gasteiger partial charge in [0.25, 0.3) is 0 Å². The fraction of sp³-hybridized carbons (Fsp3) is 0.929. The molecule has 0 bridgehead atoms. The summed E-state index contributed by atoms with van der Waals surface area (Å²) in [6, 6.07) is 0.495. The fourth-order valence-corrected chi connectivity index (χ4v) is 3.29. The van der Waals surface area contributed by atoms with Gasteiger partial charge in [0.05, 0.1) is 0 Å². The lowest BCUT2D eigenvalue weighted by Crippen LogP contribution is -2.30. The SMILES string of the molecule is CCC1CCCC(C(=O)CC2CCCN2)C1. The third-order valence-corrected chi connectivity index (χ3v) is 4.43. The van der Waals surface area contributed by atoms with E-state index >= 15 is 0 Å². The topological polar surface area (TPSA) is 29.1 Å². The Kier molecular flexibility index (Phi) is 4.39. The molecule has 0 spiro atoms. The van der Waals surface area contributed by atoms with Crippen molar-refractivity contribution in [3.63, 3.8) is 0 Å². The highest BCUT2D eigenvalue weighted by Gasteiger charge is 2.28. The van der Waals surface area contributed by atoms with E-state index in [-0.39, 0.29) is 0 Å². The van der Waals surface area contributed by atoms with Crippen LogP contribution in [-0.4, -0.2) is 18.4 Å². The predicted octanol–water partition coefficient (Wildman–Crippen LogP) is 2.91. The van der Waals surface area contributed by atoms with Crippen molar-refractivity contribution < 1.29 is 4.79 Å². The maximum Gasteiger partial charge on any atom is 0.137 e. The standard InChI is InChI=1S/C14H25NO/c1-2-11-5-3-6-12(9-11)14(16)10-13-7-4-8-15-13/h11-13,15H,2-10H2,1H3. The largest absolute Gasteiger partial charge is 0.314 e. The average molecular weight is 223 g/mol. The van der Waals surface area contributed by atoms with Gasteiger partial charge in [-0.05, 0) is 38.1 Å². The number of carbonyl (C=O) groups excluding carboxylic acids is 1. The fourth-order valence-electron chi connectivity index (χ4n) is 3.29. The van der Waals surface area contributed by atoms with E-state index in [9.17, 15) is 4.79 Å². The monoisotopic (exact) mass is 223 g/mol. The zero-order valence-electron chi connectivity index (χ0n) is 10.5. The molecular formula is C14H25NO. The molecule has 1 aliphatic carbocycles. The van der Waals surface area contributed by atoms with Gasteiger partial charge in [-0.1, -0.05) is 26.2 Å². The smallest absolute Gasteiger partial charge is 0.137 e. The molecular weight excluding hydrogens is 198 g/mol. The molecule has 0 radical (unpaired) electrons. The van der Waals surface area contributed by atoms with Crippen molar-refractivity contribution in [2.75, 3.05) is 6.54 Å². The summed E-state index contributed by atoms with van der Waals surface area (Å²) in [6.45, 7) is 3.37. The molecule has 2 aliphatic rings. The van der Waals surface area contributed by atoms with Crippen molar-refractivity contribution in [2.24, 2.45) is 11.8 Å². The molecule has 1 saturated heterocycles. The number of hydrogen-bond acceptors (Lipinski definition) is 2. The van der Waals surface area contributed by atoms with Gasteiger partial charge in [-0.25, -0.2) is 0 Å². The summed E-state index contributed by atoms with van der Waals surface area (Å²) in [4.78, 5) is 12.2. The third kappa shape index (κ3) is 3.07. The lowest BCUT2D eigenvalue weighted by molar-refractivity contribution is -0.124. The third-order valence-electron chi connectivity index (χ3n) is 4.43. The molecule has 3 atom stereocenters. The van der Waals surface area contributed by atoms with Gasteiger partial charge in [0.15, 0.2) is 0 Å². The lowest BCUT2D eigenvalue weighted by Gasteiger charge is -2.28. The summed E-state index contributed by atoms with van der Waals surface area (Å²) in [7, 11) is 0. The minimum absolute atomic E-state index is 0.390. The number of rotatable bonds is 4. The minimum atomic E-state index is 0.390. The molecule has 1 heterocycles. The van der Waals surface area contributed by atoms with E-state index in [4.69, 9.17) is 0 Å². The van der Waals surface area contributed by atoms with Crippen LogP contribution in [0.2, 0.25) is 0 Å². The van der Waals surface area contributed by atoms with Gasteiger partial charge in [0, 0.05) is 18.4 Å². The summed E-state index contributed by atoms with van der Waals surface area (Å²) in [5, 5.41) is 3.43. The van der Waals surface area contributed by atoms with Crippen molar-refractivity contribution in [3.05, 3.63) is 0 Å². The summed E-state index contributed by atoms with van der Waals surface area (Å²) in [5.41, 5.74) is 0. The molecule has 2 fully saturated rings. The van der Waals surface area contributed by atoms with E-state index in [2.05, 4.69) is 12.2 Å². The quantitative estimate of drug-likeness (QED) is 0.794. The van der Waals surface area contributed by atoms with Crippen molar-refractivity contribution in [3.8, 4) is 0 Å². The van der Waals surface area contributed by atoms with Gasteiger partial charge in [0.2, 0.25) is 0 Å². The second-order valence-electron chi connectivity index (χ2n) is 5.60. The van der Waals surface area contributed by atoms with Crippen LogP contribution in [0.5, 0.6) is 0 Å². The minimum Gasteiger partial charge on any atom is -0.314 e. The van der Waals surface area contributed by atoms with Crippen LogP contribution >= 0.6 is 0 Å². The Balaban J connectivity index is 1.79. The van der Waals surface area contributed by atoms with Crippen LogP contribution in [0.1, 0.15) is 58.3 Å². The molecule has 16 heavy (non-hydrogen) atoms. The number of ketones is 1. The van der Waals surface area contributed by atoms with Crippen molar-refractivity contribution >= 4 is 5.78 Å².